The minimum atomic E-state index is -5.73. The van der Waals surface area contributed by atoms with Crippen LogP contribution in [-0.2, 0) is 33.2 Å². The number of aryl methyl sites for hydroxylation is 2. The van der Waals surface area contributed by atoms with E-state index in [0.29, 0.717) is 12.8 Å². The largest absolute Gasteiger partial charge is 0.465 e. The maximum Gasteiger partial charge on any atom is 0.453 e. The first-order chi connectivity index (χ1) is 17.8. The number of esters is 1. The van der Waals surface area contributed by atoms with Crippen LogP contribution in [0.1, 0.15) is 37.6 Å². The third kappa shape index (κ3) is 3.80. The summed E-state index contributed by atoms with van der Waals surface area (Å²) in [4.78, 5) is 43.0. The van der Waals surface area contributed by atoms with Crippen LogP contribution in [0.15, 0.2) is 6.20 Å². The molecule has 1 atom stereocenters. The molecule has 1 saturated carbocycles. The number of carbonyl (C=O) groups is 2. The minimum Gasteiger partial charge on any atom is -0.465 e. The van der Waals surface area contributed by atoms with E-state index in [1.165, 1.54) is 17.9 Å². The highest BCUT2D eigenvalue weighted by Crippen LogP contribution is 2.55. The number of carbonyl (C=O) groups excluding carboxylic acids is 2. The van der Waals surface area contributed by atoms with Crippen LogP contribution < -0.4 is 11.1 Å². The van der Waals surface area contributed by atoms with Crippen LogP contribution in [0, 0.1) is 5.92 Å². The van der Waals surface area contributed by atoms with Crippen LogP contribution in [0.5, 0.6) is 0 Å². The molecule has 38 heavy (non-hydrogen) atoms. The number of hydrogen-bond donors (Lipinski definition) is 2. The van der Waals surface area contributed by atoms with Gasteiger partial charge in [0.2, 0.25) is 5.91 Å². The summed E-state index contributed by atoms with van der Waals surface area (Å²) in [5.74, 6) is -7.47. The van der Waals surface area contributed by atoms with Gasteiger partial charge < -0.3 is 15.8 Å². The number of nitrogens with two attached hydrogens (primary N) is 1. The number of nitrogens with zero attached hydrogens (tertiary/aromatic N) is 6. The Balaban J connectivity index is 1.61. The van der Waals surface area contributed by atoms with E-state index in [9.17, 15) is 31.5 Å². The Morgan fingerprint density at radius 3 is 2.55 bits per heavy atom. The molecule has 202 valence electrons. The van der Waals surface area contributed by atoms with E-state index in [-0.39, 0.29) is 58.1 Å². The van der Waals surface area contributed by atoms with Crippen molar-refractivity contribution in [2.75, 3.05) is 17.7 Å². The van der Waals surface area contributed by atoms with Gasteiger partial charge in [0.25, 0.3) is 0 Å². The number of anilines is 2. The quantitative estimate of drug-likeness (QED) is 0.262. The summed E-state index contributed by atoms with van der Waals surface area (Å²) < 4.78 is 71.6. The summed E-state index contributed by atoms with van der Waals surface area (Å²) >= 11 is 0. The summed E-state index contributed by atoms with van der Waals surface area (Å²) in [6.45, 7) is 1.64. The van der Waals surface area contributed by atoms with Gasteiger partial charge in [0.15, 0.2) is 16.9 Å². The summed E-state index contributed by atoms with van der Waals surface area (Å²) in [7, 11) is 1.49. The van der Waals surface area contributed by atoms with E-state index in [4.69, 9.17) is 10.5 Å². The lowest BCUT2D eigenvalue weighted by atomic mass is 9.77. The van der Waals surface area contributed by atoms with Crippen molar-refractivity contribution in [1.29, 1.82) is 0 Å². The van der Waals surface area contributed by atoms with Crippen LogP contribution in [0.3, 0.4) is 0 Å². The van der Waals surface area contributed by atoms with E-state index < -0.39 is 42.2 Å². The number of halogens is 5. The van der Waals surface area contributed by atoms with Crippen molar-refractivity contribution < 1.29 is 36.3 Å². The summed E-state index contributed by atoms with van der Waals surface area (Å²) in [6.07, 6.45) is -5.61. The fourth-order valence-electron chi connectivity index (χ4n) is 4.66. The SMILES string of the molecule is CCOC(=O)C1(C2CC2)C(=O)Nc2nc(-c3nc(CCC(F)(F)C(F)(F)F)nc4c3cnn4C)nc(N)c21. The van der Waals surface area contributed by atoms with Crippen molar-refractivity contribution in [3.63, 3.8) is 0 Å². The Hall–Kier alpha value is -3.98. The zero-order valence-electron chi connectivity index (χ0n) is 20.1. The number of nitrogen functional groups attached to an aromatic ring is 1. The fourth-order valence-corrected chi connectivity index (χ4v) is 4.66. The molecule has 1 amide bonds. The highest BCUT2D eigenvalue weighted by atomic mass is 19.4. The lowest BCUT2D eigenvalue weighted by Crippen LogP contribution is -2.46. The predicted octanol–water partition coefficient (Wildman–Crippen LogP) is 2.70. The van der Waals surface area contributed by atoms with Crippen molar-refractivity contribution in [2.24, 2.45) is 13.0 Å². The zero-order chi connectivity index (χ0) is 27.6. The van der Waals surface area contributed by atoms with E-state index in [0.717, 1.165) is 0 Å². The van der Waals surface area contributed by atoms with Crippen molar-refractivity contribution in [1.82, 2.24) is 29.7 Å². The molecule has 4 heterocycles. The average molecular weight is 540 g/mol. The normalized spacial score (nSPS) is 19.5. The first kappa shape index (κ1) is 25.7. The van der Waals surface area contributed by atoms with Crippen LogP contribution in [0.25, 0.3) is 22.6 Å². The monoisotopic (exact) mass is 540 g/mol. The Morgan fingerprint density at radius 1 is 1.21 bits per heavy atom. The summed E-state index contributed by atoms with van der Waals surface area (Å²) in [5.41, 5.74) is 4.71. The topological polar surface area (TPSA) is 151 Å². The third-order valence-electron chi connectivity index (χ3n) is 6.64. The van der Waals surface area contributed by atoms with Gasteiger partial charge in [-0.1, -0.05) is 0 Å². The van der Waals surface area contributed by atoms with E-state index >= 15 is 0 Å². The van der Waals surface area contributed by atoms with Gasteiger partial charge in [-0.05, 0) is 25.7 Å². The molecule has 16 heteroatoms. The molecule has 1 aliphatic carbocycles. The number of nitrogens with one attached hydrogen (secondary N) is 1. The maximum absolute atomic E-state index is 13.6. The fraction of sp³-hybridized carbons (Fsp3) is 0.500. The molecule has 0 bridgehead atoms. The lowest BCUT2D eigenvalue weighted by Gasteiger charge is -2.25. The molecule has 3 aromatic rings. The predicted molar refractivity (Wildman–Crippen MR) is 121 cm³/mol. The van der Waals surface area contributed by atoms with Gasteiger partial charge in [-0.25, -0.2) is 19.9 Å². The van der Waals surface area contributed by atoms with Crippen LogP contribution in [-0.4, -0.2) is 60.3 Å². The number of rotatable bonds is 7. The molecule has 1 unspecified atom stereocenters. The second kappa shape index (κ2) is 8.52. The maximum atomic E-state index is 13.6. The Bertz CT molecular complexity index is 1470. The smallest absolute Gasteiger partial charge is 0.453 e. The first-order valence-electron chi connectivity index (χ1n) is 11.6. The number of alkyl halides is 5. The molecular formula is C22H21F5N8O3. The molecule has 2 aliphatic rings. The zero-order valence-corrected chi connectivity index (χ0v) is 20.1. The van der Waals surface area contributed by atoms with Crippen LogP contribution in [0.2, 0.25) is 0 Å². The molecule has 5 rings (SSSR count). The number of hydrogen-bond acceptors (Lipinski definition) is 9. The van der Waals surface area contributed by atoms with Gasteiger partial charge in [-0.15, -0.1) is 0 Å². The van der Waals surface area contributed by atoms with E-state index in [2.05, 4.69) is 30.4 Å². The van der Waals surface area contributed by atoms with Gasteiger partial charge in [0, 0.05) is 19.9 Å². The van der Waals surface area contributed by atoms with Crippen molar-refractivity contribution in [2.45, 2.75) is 50.1 Å². The molecule has 11 nitrogen and oxygen atoms in total. The Kier molecular flexibility index (Phi) is 5.76. The Labute approximate surface area is 211 Å². The number of amides is 1. The highest BCUT2D eigenvalue weighted by molar-refractivity contribution is 6.20. The standard InChI is InChI=1S/C22H21F5N8O3/c1-3-38-19(37)21(9-4-5-9)12-14(28)32-16(33-15(12)34-18(21)36)13-10-8-29-35(2)17(10)31-11(30-13)6-7-20(23,24)22(25,26)27/h8-9H,3-7H2,1-2H3,(H3,28,32,33,34,36). The molecular weight excluding hydrogens is 519 g/mol. The summed E-state index contributed by atoms with van der Waals surface area (Å²) in [5, 5.41) is 6.88. The van der Waals surface area contributed by atoms with Gasteiger partial charge in [-0.3, -0.25) is 14.3 Å². The van der Waals surface area contributed by atoms with Crippen LogP contribution in [0.4, 0.5) is 33.6 Å². The number of fused-ring (bicyclic) bond motifs is 2. The van der Waals surface area contributed by atoms with Crippen molar-refractivity contribution in [3.8, 4) is 11.5 Å². The number of ether oxygens (including phenoxy) is 1. The van der Waals surface area contributed by atoms with E-state index in [1.807, 2.05) is 0 Å². The van der Waals surface area contributed by atoms with Crippen molar-refractivity contribution >= 4 is 34.5 Å². The third-order valence-corrected chi connectivity index (χ3v) is 6.64. The van der Waals surface area contributed by atoms with Crippen LogP contribution >= 0.6 is 0 Å². The molecule has 3 aromatic heterocycles. The second-order valence-corrected chi connectivity index (χ2v) is 9.11. The minimum absolute atomic E-state index is 0.0326. The molecule has 0 aromatic carbocycles. The Morgan fingerprint density at radius 2 is 1.92 bits per heavy atom. The van der Waals surface area contributed by atoms with Crippen molar-refractivity contribution in [3.05, 3.63) is 17.6 Å². The van der Waals surface area contributed by atoms with Gasteiger partial charge in [0.1, 0.15) is 23.2 Å². The molecule has 3 N–H and O–H groups in total. The van der Waals surface area contributed by atoms with Gasteiger partial charge in [-0.2, -0.15) is 27.1 Å². The lowest BCUT2D eigenvalue weighted by molar-refractivity contribution is -0.284. The number of aromatic nitrogens is 6. The first-order valence-corrected chi connectivity index (χ1v) is 11.6. The van der Waals surface area contributed by atoms with E-state index in [1.54, 1.807) is 6.92 Å². The molecule has 0 saturated heterocycles. The second-order valence-electron chi connectivity index (χ2n) is 9.11. The average Bonchev–Trinajstić information content (AvgIpc) is 3.55. The van der Waals surface area contributed by atoms with Gasteiger partial charge in [0.05, 0.1) is 23.8 Å². The van der Waals surface area contributed by atoms with Gasteiger partial charge >= 0.3 is 18.1 Å². The molecule has 0 spiro atoms. The molecule has 1 aliphatic heterocycles. The highest BCUT2D eigenvalue weighted by Gasteiger charge is 2.64. The summed E-state index contributed by atoms with van der Waals surface area (Å²) in [6, 6.07) is 0. The molecule has 1 fully saturated rings. The molecule has 0 radical (unpaired) electrons.